The number of aromatic nitrogens is 2. The van der Waals surface area contributed by atoms with Gasteiger partial charge in [0.15, 0.2) is 11.5 Å². The molecule has 3 heterocycles. The second-order valence-corrected chi connectivity index (χ2v) is 10.1. The largest absolute Gasteiger partial charge is 0.586 e. The molecule has 13 heteroatoms. The Bertz CT molecular complexity index is 1420. The molecule has 3 aromatic rings. The first-order valence-corrected chi connectivity index (χ1v) is 12.3. The number of benzene rings is 2. The molecule has 36 heavy (non-hydrogen) atoms. The van der Waals surface area contributed by atoms with Crippen molar-refractivity contribution in [3.05, 3.63) is 66.4 Å². The first-order valence-electron chi connectivity index (χ1n) is 10.9. The zero-order valence-electron chi connectivity index (χ0n) is 18.5. The summed E-state index contributed by atoms with van der Waals surface area (Å²) in [6.45, 7) is 0.149. The van der Waals surface area contributed by atoms with Crippen molar-refractivity contribution in [1.29, 1.82) is 0 Å². The summed E-state index contributed by atoms with van der Waals surface area (Å²) in [6.07, 6.45) is -1.64. The van der Waals surface area contributed by atoms with Crippen LogP contribution in [0.25, 0.3) is 11.3 Å². The Morgan fingerprint density at radius 2 is 1.83 bits per heavy atom. The molecule has 1 atom stereocenters. The molecule has 5 rings (SSSR count). The van der Waals surface area contributed by atoms with E-state index in [9.17, 15) is 26.4 Å². The predicted molar refractivity (Wildman–Crippen MR) is 119 cm³/mol. The van der Waals surface area contributed by atoms with Crippen molar-refractivity contribution in [2.75, 3.05) is 6.54 Å². The Balaban J connectivity index is 1.27. The lowest BCUT2D eigenvalue weighted by atomic mass is 10.1. The fraction of sp³-hybridized carbons (Fsp3) is 0.261. The molecule has 1 aromatic heterocycles. The smallest absolute Gasteiger partial charge is 0.395 e. The summed E-state index contributed by atoms with van der Waals surface area (Å²) in [7, 11) is -3.98. The molecular formula is C23H19F3N4O5S. The minimum atomic E-state index is -3.98. The molecular weight excluding hydrogens is 501 g/mol. The number of carbonyl (C=O) groups excluding carboxylic acids is 1. The number of fused-ring (bicyclic) bond motifs is 1. The number of amides is 1. The Hall–Kier alpha value is -3.71. The molecule has 2 aliphatic heterocycles. The van der Waals surface area contributed by atoms with Crippen LogP contribution in [0.15, 0.2) is 59.8 Å². The van der Waals surface area contributed by atoms with Gasteiger partial charge in [-0.2, -0.15) is 4.31 Å². The second-order valence-electron chi connectivity index (χ2n) is 8.17. The maximum atomic E-state index is 13.3. The van der Waals surface area contributed by atoms with Crippen molar-refractivity contribution >= 4 is 15.9 Å². The zero-order valence-corrected chi connectivity index (χ0v) is 19.3. The Morgan fingerprint density at radius 3 is 2.61 bits per heavy atom. The third kappa shape index (κ3) is 4.71. The van der Waals surface area contributed by atoms with Gasteiger partial charge in [0.2, 0.25) is 15.9 Å². The molecule has 0 saturated carbocycles. The van der Waals surface area contributed by atoms with Crippen molar-refractivity contribution in [2.24, 2.45) is 0 Å². The highest BCUT2D eigenvalue weighted by Crippen LogP contribution is 2.42. The third-order valence-electron chi connectivity index (χ3n) is 5.79. The lowest BCUT2D eigenvalue weighted by Crippen LogP contribution is -2.45. The molecule has 2 aliphatic rings. The van der Waals surface area contributed by atoms with Crippen LogP contribution in [0.3, 0.4) is 0 Å². The van der Waals surface area contributed by atoms with E-state index < -0.39 is 34.1 Å². The van der Waals surface area contributed by atoms with Crippen molar-refractivity contribution in [1.82, 2.24) is 19.6 Å². The van der Waals surface area contributed by atoms with Gasteiger partial charge < -0.3 is 14.8 Å². The van der Waals surface area contributed by atoms with Crippen LogP contribution in [-0.2, 0) is 21.4 Å². The maximum absolute atomic E-state index is 13.3. The Kier molecular flexibility index (Phi) is 6.04. The van der Waals surface area contributed by atoms with Gasteiger partial charge in [-0.1, -0.05) is 0 Å². The summed E-state index contributed by atoms with van der Waals surface area (Å²) >= 11 is 0. The van der Waals surface area contributed by atoms with Gasteiger partial charge in [0.25, 0.3) is 0 Å². The quantitative estimate of drug-likeness (QED) is 0.532. The molecule has 188 valence electrons. The average molecular weight is 520 g/mol. The van der Waals surface area contributed by atoms with E-state index in [0.29, 0.717) is 29.8 Å². The number of carbonyl (C=O) groups is 1. The van der Waals surface area contributed by atoms with Crippen LogP contribution in [0.2, 0.25) is 0 Å². The maximum Gasteiger partial charge on any atom is 0.586 e. The fourth-order valence-corrected chi connectivity index (χ4v) is 5.74. The number of nitrogens with zero attached hydrogens (tertiary/aromatic N) is 3. The molecule has 2 aromatic carbocycles. The number of sulfonamides is 1. The summed E-state index contributed by atoms with van der Waals surface area (Å²) in [4.78, 5) is 21.0. The highest BCUT2D eigenvalue weighted by atomic mass is 32.2. The number of hydrogen-bond donors (Lipinski definition) is 1. The summed E-state index contributed by atoms with van der Waals surface area (Å²) in [5.41, 5.74) is 1.29. The first-order chi connectivity index (χ1) is 17.1. The summed E-state index contributed by atoms with van der Waals surface area (Å²) in [6, 6.07) is 9.31. The van der Waals surface area contributed by atoms with E-state index in [-0.39, 0.29) is 29.5 Å². The average Bonchev–Trinajstić information content (AvgIpc) is 3.46. The first kappa shape index (κ1) is 24.0. The molecule has 9 nitrogen and oxygen atoms in total. The van der Waals surface area contributed by atoms with Crippen LogP contribution in [-0.4, -0.2) is 47.5 Å². The molecule has 1 fully saturated rings. The molecule has 0 radical (unpaired) electrons. The SMILES string of the molecule is O=C(NCc1cc(-c2ccc3c(c2)OC(F)(F)O3)ncn1)[C@@H]1CCCN1S(=O)(=O)c1ccc(F)cc1. The Labute approximate surface area is 203 Å². The van der Waals surface area contributed by atoms with E-state index in [1.54, 1.807) is 6.07 Å². The minimum Gasteiger partial charge on any atom is -0.395 e. The van der Waals surface area contributed by atoms with Gasteiger partial charge in [-0.3, -0.25) is 4.79 Å². The van der Waals surface area contributed by atoms with Crippen molar-refractivity contribution in [2.45, 2.75) is 36.6 Å². The summed E-state index contributed by atoms with van der Waals surface area (Å²) < 4.78 is 75.8. The zero-order chi connectivity index (χ0) is 25.5. The number of nitrogens with one attached hydrogen (secondary N) is 1. The van der Waals surface area contributed by atoms with Crippen LogP contribution in [0.5, 0.6) is 11.5 Å². The predicted octanol–water partition coefficient (Wildman–Crippen LogP) is 3.07. The van der Waals surface area contributed by atoms with Crippen molar-refractivity contribution in [3.8, 4) is 22.8 Å². The van der Waals surface area contributed by atoms with Crippen LogP contribution < -0.4 is 14.8 Å². The lowest BCUT2D eigenvalue weighted by Gasteiger charge is -2.23. The molecule has 1 N–H and O–H groups in total. The number of halogens is 3. The van der Waals surface area contributed by atoms with Gasteiger partial charge >= 0.3 is 6.29 Å². The summed E-state index contributed by atoms with van der Waals surface area (Å²) in [5, 5.41) is 2.70. The van der Waals surface area contributed by atoms with Gasteiger partial charge in [-0.25, -0.2) is 22.8 Å². The molecule has 0 unspecified atom stereocenters. The topological polar surface area (TPSA) is 111 Å². The number of alkyl halides is 2. The number of rotatable bonds is 6. The second kappa shape index (κ2) is 9.06. The van der Waals surface area contributed by atoms with E-state index in [2.05, 4.69) is 24.8 Å². The lowest BCUT2D eigenvalue weighted by molar-refractivity contribution is -0.286. The van der Waals surface area contributed by atoms with Crippen LogP contribution >= 0.6 is 0 Å². The van der Waals surface area contributed by atoms with Gasteiger partial charge in [-0.15, -0.1) is 8.78 Å². The van der Waals surface area contributed by atoms with Gasteiger partial charge in [-0.05, 0) is 61.4 Å². The van der Waals surface area contributed by atoms with E-state index in [4.69, 9.17) is 0 Å². The normalized spacial score (nSPS) is 18.8. The van der Waals surface area contributed by atoms with Crippen molar-refractivity contribution < 1.29 is 35.9 Å². The van der Waals surface area contributed by atoms with Crippen molar-refractivity contribution in [3.63, 3.8) is 0 Å². The molecule has 1 saturated heterocycles. The van der Waals surface area contributed by atoms with E-state index >= 15 is 0 Å². The third-order valence-corrected chi connectivity index (χ3v) is 7.71. The summed E-state index contributed by atoms with van der Waals surface area (Å²) in [5.74, 6) is -1.28. The number of ether oxygens (including phenoxy) is 2. The Morgan fingerprint density at radius 1 is 1.08 bits per heavy atom. The van der Waals surface area contributed by atoms with Crippen LogP contribution in [0.4, 0.5) is 13.2 Å². The molecule has 1 amide bonds. The van der Waals surface area contributed by atoms with Gasteiger partial charge in [0.05, 0.1) is 22.8 Å². The standard InChI is InChI=1S/C23H19F3N4O5S/c24-15-4-6-17(7-5-15)36(32,33)30-9-1-2-19(30)22(31)27-12-16-11-18(29-13-28-16)14-3-8-20-21(10-14)35-23(25,26)34-20/h3-8,10-11,13,19H,1-2,9,12H2,(H,27,31)/t19-/m0/s1. The van der Waals surface area contributed by atoms with E-state index in [1.807, 2.05) is 0 Å². The molecule has 0 bridgehead atoms. The highest BCUT2D eigenvalue weighted by Gasteiger charge is 2.43. The monoisotopic (exact) mass is 520 g/mol. The van der Waals surface area contributed by atoms with Gasteiger partial charge in [0.1, 0.15) is 18.2 Å². The minimum absolute atomic E-state index is 0.0160. The highest BCUT2D eigenvalue weighted by molar-refractivity contribution is 7.89. The molecule has 0 spiro atoms. The van der Waals surface area contributed by atoms with Gasteiger partial charge in [0, 0.05) is 12.1 Å². The fourth-order valence-electron chi connectivity index (χ4n) is 4.09. The van der Waals surface area contributed by atoms with E-state index in [1.165, 1.54) is 24.5 Å². The van der Waals surface area contributed by atoms with Crippen LogP contribution in [0, 0.1) is 5.82 Å². The molecule has 0 aliphatic carbocycles. The van der Waals surface area contributed by atoms with E-state index in [0.717, 1.165) is 28.6 Å². The number of hydrogen-bond acceptors (Lipinski definition) is 7. The van der Waals surface area contributed by atoms with Crippen LogP contribution in [0.1, 0.15) is 18.5 Å².